The lowest BCUT2D eigenvalue weighted by Gasteiger charge is -2.09. The molecule has 1 heterocycles. The Morgan fingerprint density at radius 3 is 2.61 bits per heavy atom. The highest BCUT2D eigenvalue weighted by atomic mass is 32.2. The number of benzene rings is 2. The number of carbonyl (C=O) groups is 1. The highest BCUT2D eigenvalue weighted by molar-refractivity contribution is 8.00. The largest absolute Gasteiger partial charge is 0.416 e. The fourth-order valence-corrected chi connectivity index (χ4v) is 3.22. The van der Waals surface area contributed by atoms with Crippen molar-refractivity contribution in [2.45, 2.75) is 11.1 Å². The Morgan fingerprint density at radius 1 is 1.14 bits per heavy atom. The van der Waals surface area contributed by atoms with Crippen molar-refractivity contribution < 1.29 is 22.9 Å². The molecule has 0 unspecified atom stereocenters. The molecule has 6 nitrogen and oxygen atoms in total. The number of anilines is 1. The first-order valence-corrected chi connectivity index (χ1v) is 8.87. The standard InChI is InChI=1S/C18H12F3N3O3S/c19-18(20,21)12-6-7-15(14(9-12)24(26)27)28-10-17(25)23-16-8-5-11-3-1-2-4-13(11)22-16/h1-9H,10H2,(H,22,23,25). The van der Waals surface area contributed by atoms with Crippen LogP contribution >= 0.6 is 11.8 Å². The van der Waals surface area contributed by atoms with E-state index in [0.29, 0.717) is 17.4 Å². The van der Waals surface area contributed by atoms with Crippen LogP contribution in [0.5, 0.6) is 0 Å². The molecule has 3 aromatic rings. The summed E-state index contributed by atoms with van der Waals surface area (Å²) < 4.78 is 38.2. The number of alkyl halides is 3. The number of pyridine rings is 1. The molecule has 1 N–H and O–H groups in total. The Balaban J connectivity index is 1.70. The lowest BCUT2D eigenvalue weighted by Crippen LogP contribution is -2.15. The second-order valence-corrected chi connectivity index (χ2v) is 6.68. The van der Waals surface area contributed by atoms with E-state index in [-0.39, 0.29) is 10.6 Å². The molecule has 0 aliphatic carbocycles. The van der Waals surface area contributed by atoms with Crippen LogP contribution in [-0.2, 0) is 11.0 Å². The summed E-state index contributed by atoms with van der Waals surface area (Å²) in [5.41, 5.74) is -1.13. The topological polar surface area (TPSA) is 85.1 Å². The minimum atomic E-state index is -4.69. The van der Waals surface area contributed by atoms with Crippen LogP contribution in [0.3, 0.4) is 0 Å². The van der Waals surface area contributed by atoms with Gasteiger partial charge in [0, 0.05) is 11.5 Å². The van der Waals surface area contributed by atoms with Crippen LogP contribution in [0.4, 0.5) is 24.7 Å². The molecule has 0 saturated carbocycles. The predicted molar refractivity (Wildman–Crippen MR) is 99.2 cm³/mol. The van der Waals surface area contributed by atoms with Gasteiger partial charge in [-0.2, -0.15) is 13.2 Å². The second kappa shape index (κ2) is 7.85. The van der Waals surface area contributed by atoms with Crippen molar-refractivity contribution in [1.82, 2.24) is 4.98 Å². The lowest BCUT2D eigenvalue weighted by molar-refractivity contribution is -0.388. The Morgan fingerprint density at radius 2 is 1.89 bits per heavy atom. The summed E-state index contributed by atoms with van der Waals surface area (Å²) in [6.07, 6.45) is -4.69. The zero-order valence-electron chi connectivity index (χ0n) is 14.1. The van der Waals surface area contributed by atoms with Gasteiger partial charge < -0.3 is 5.32 Å². The fourth-order valence-electron chi connectivity index (χ4n) is 2.42. The van der Waals surface area contributed by atoms with Crippen molar-refractivity contribution >= 4 is 40.1 Å². The maximum absolute atomic E-state index is 12.7. The molecule has 0 radical (unpaired) electrons. The molecule has 0 aliphatic heterocycles. The van der Waals surface area contributed by atoms with Crippen LogP contribution in [0, 0.1) is 10.1 Å². The number of rotatable bonds is 5. The monoisotopic (exact) mass is 407 g/mol. The van der Waals surface area contributed by atoms with Gasteiger partial charge in [-0.05, 0) is 30.3 Å². The minimum absolute atomic E-state index is 0.0281. The minimum Gasteiger partial charge on any atom is -0.310 e. The number of aromatic nitrogens is 1. The number of amides is 1. The van der Waals surface area contributed by atoms with Gasteiger partial charge in [0.25, 0.3) is 5.69 Å². The van der Waals surface area contributed by atoms with Crippen molar-refractivity contribution in [3.8, 4) is 0 Å². The average Bonchev–Trinajstić information content (AvgIpc) is 2.65. The molecule has 2 aromatic carbocycles. The number of nitrogens with one attached hydrogen (secondary N) is 1. The first kappa shape index (κ1) is 19.6. The Kier molecular flexibility index (Phi) is 5.50. The number of nitro groups is 1. The Labute approximate surface area is 160 Å². The maximum atomic E-state index is 12.7. The third kappa shape index (κ3) is 4.58. The number of nitro benzene ring substituents is 1. The van der Waals surface area contributed by atoms with Gasteiger partial charge in [0.1, 0.15) is 5.82 Å². The first-order chi connectivity index (χ1) is 13.2. The number of hydrogen-bond acceptors (Lipinski definition) is 5. The molecule has 3 rings (SSSR count). The Bertz CT molecular complexity index is 1060. The van der Waals surface area contributed by atoms with Gasteiger partial charge in [0.2, 0.25) is 5.91 Å². The van der Waals surface area contributed by atoms with E-state index in [1.54, 1.807) is 24.3 Å². The van der Waals surface area contributed by atoms with Gasteiger partial charge >= 0.3 is 6.18 Å². The molecule has 0 saturated heterocycles. The Hall–Kier alpha value is -3.14. The quantitative estimate of drug-likeness (QED) is 0.370. The smallest absolute Gasteiger partial charge is 0.310 e. The van der Waals surface area contributed by atoms with Crippen LogP contribution in [0.15, 0.2) is 59.5 Å². The van der Waals surface area contributed by atoms with Crippen LogP contribution in [0.1, 0.15) is 5.56 Å². The molecule has 0 spiro atoms. The van der Waals surface area contributed by atoms with Gasteiger partial charge in [0.15, 0.2) is 0 Å². The van der Waals surface area contributed by atoms with Crippen molar-refractivity contribution in [2.24, 2.45) is 0 Å². The summed E-state index contributed by atoms with van der Waals surface area (Å²) in [6, 6.07) is 12.9. The average molecular weight is 407 g/mol. The van der Waals surface area contributed by atoms with Crippen molar-refractivity contribution in [3.05, 3.63) is 70.3 Å². The summed E-state index contributed by atoms with van der Waals surface area (Å²) in [5, 5.41) is 14.5. The first-order valence-electron chi connectivity index (χ1n) is 7.88. The molecule has 0 fully saturated rings. The van der Waals surface area contributed by atoms with E-state index < -0.39 is 28.3 Å². The van der Waals surface area contributed by atoms with E-state index in [9.17, 15) is 28.1 Å². The molecule has 0 atom stereocenters. The van der Waals surface area contributed by atoms with Crippen LogP contribution in [-0.4, -0.2) is 21.6 Å². The van der Waals surface area contributed by atoms with Gasteiger partial charge in [-0.1, -0.05) is 18.2 Å². The van der Waals surface area contributed by atoms with Gasteiger partial charge in [-0.25, -0.2) is 4.98 Å². The van der Waals surface area contributed by atoms with Crippen LogP contribution in [0.25, 0.3) is 10.9 Å². The summed E-state index contributed by atoms with van der Waals surface area (Å²) >= 11 is 0.777. The van der Waals surface area contributed by atoms with E-state index in [1.807, 2.05) is 12.1 Å². The number of halogens is 3. The normalized spacial score (nSPS) is 11.4. The maximum Gasteiger partial charge on any atom is 0.416 e. The summed E-state index contributed by atoms with van der Waals surface area (Å²) in [5.74, 6) is -0.394. The van der Waals surface area contributed by atoms with Crippen LogP contribution < -0.4 is 5.32 Å². The molecular weight excluding hydrogens is 395 g/mol. The molecule has 1 aromatic heterocycles. The molecular formula is C18H12F3N3O3S. The highest BCUT2D eigenvalue weighted by Crippen LogP contribution is 2.36. The number of fused-ring (bicyclic) bond motifs is 1. The van der Waals surface area contributed by atoms with E-state index in [2.05, 4.69) is 10.3 Å². The molecule has 144 valence electrons. The van der Waals surface area contributed by atoms with Crippen molar-refractivity contribution in [2.75, 3.05) is 11.1 Å². The summed E-state index contributed by atoms with van der Waals surface area (Å²) in [6.45, 7) is 0. The zero-order chi connectivity index (χ0) is 20.3. The van der Waals surface area contributed by atoms with Crippen molar-refractivity contribution in [1.29, 1.82) is 0 Å². The van der Waals surface area contributed by atoms with Gasteiger partial charge in [0.05, 0.1) is 26.7 Å². The van der Waals surface area contributed by atoms with Gasteiger partial charge in [-0.3, -0.25) is 14.9 Å². The number of hydrogen-bond donors (Lipinski definition) is 1. The highest BCUT2D eigenvalue weighted by Gasteiger charge is 2.33. The third-order valence-corrected chi connectivity index (χ3v) is 4.77. The number of para-hydroxylation sites is 1. The molecule has 10 heteroatoms. The summed E-state index contributed by atoms with van der Waals surface area (Å²) in [7, 11) is 0. The second-order valence-electron chi connectivity index (χ2n) is 5.66. The summed E-state index contributed by atoms with van der Waals surface area (Å²) in [4.78, 5) is 26.5. The lowest BCUT2D eigenvalue weighted by atomic mass is 10.2. The predicted octanol–water partition coefficient (Wildman–Crippen LogP) is 4.89. The van der Waals surface area contributed by atoms with E-state index in [0.717, 1.165) is 29.3 Å². The molecule has 1 amide bonds. The number of carbonyl (C=O) groups excluding carboxylic acids is 1. The van der Waals surface area contributed by atoms with Gasteiger partial charge in [-0.15, -0.1) is 11.8 Å². The van der Waals surface area contributed by atoms with E-state index >= 15 is 0 Å². The zero-order valence-corrected chi connectivity index (χ0v) is 14.9. The fraction of sp³-hybridized carbons (Fsp3) is 0.111. The number of nitrogens with zero attached hydrogens (tertiary/aromatic N) is 2. The van der Waals surface area contributed by atoms with E-state index in [4.69, 9.17) is 0 Å². The molecule has 0 aliphatic rings. The van der Waals surface area contributed by atoms with Crippen molar-refractivity contribution in [3.63, 3.8) is 0 Å². The SMILES string of the molecule is O=C(CSc1ccc(C(F)(F)F)cc1[N+](=O)[O-])Nc1ccc2ccccc2n1. The number of thioether (sulfide) groups is 1. The van der Waals surface area contributed by atoms with Crippen LogP contribution in [0.2, 0.25) is 0 Å². The third-order valence-electron chi connectivity index (χ3n) is 3.71. The van der Waals surface area contributed by atoms with E-state index in [1.165, 1.54) is 0 Å². The molecule has 28 heavy (non-hydrogen) atoms. The molecule has 0 bridgehead atoms.